The van der Waals surface area contributed by atoms with Crippen LogP contribution in [0.3, 0.4) is 0 Å². The Morgan fingerprint density at radius 3 is 2.18 bits per heavy atom. The zero-order valence-electron chi connectivity index (χ0n) is 19.2. The number of hydrogen-bond donors (Lipinski definition) is 2. The lowest BCUT2D eigenvalue weighted by Crippen LogP contribution is -2.72. The average molecular weight is 481 g/mol. The van der Waals surface area contributed by atoms with Crippen molar-refractivity contribution in [3.8, 4) is 0 Å². The molecule has 3 saturated carbocycles. The van der Waals surface area contributed by atoms with Gasteiger partial charge >= 0.3 is 12.2 Å². The Morgan fingerprint density at radius 1 is 1.03 bits per heavy atom. The van der Waals surface area contributed by atoms with E-state index in [1.807, 2.05) is 9.80 Å². The highest BCUT2D eigenvalue weighted by Gasteiger charge is 2.62. The molecular formula is C23H31F3N6O2. The first-order chi connectivity index (χ1) is 16.2. The second-order valence-electron chi connectivity index (χ2n) is 12.2. The van der Waals surface area contributed by atoms with Crippen molar-refractivity contribution < 1.29 is 22.7 Å². The van der Waals surface area contributed by atoms with Crippen molar-refractivity contribution in [3.05, 3.63) is 11.6 Å². The van der Waals surface area contributed by atoms with Gasteiger partial charge in [0.2, 0.25) is 0 Å². The molecule has 6 fully saturated rings. The van der Waals surface area contributed by atoms with E-state index in [1.165, 1.54) is 12.8 Å². The van der Waals surface area contributed by atoms with Crippen LogP contribution in [0.5, 0.6) is 0 Å². The maximum absolute atomic E-state index is 13.2. The molecule has 3 aliphatic heterocycles. The molecule has 3 saturated heterocycles. The zero-order valence-corrected chi connectivity index (χ0v) is 19.2. The average Bonchev–Trinajstić information content (AvgIpc) is 3.35. The van der Waals surface area contributed by atoms with Crippen molar-refractivity contribution in [1.29, 1.82) is 0 Å². The van der Waals surface area contributed by atoms with Gasteiger partial charge in [0.1, 0.15) is 5.82 Å². The van der Waals surface area contributed by atoms with Gasteiger partial charge in [-0.05, 0) is 51.0 Å². The number of ether oxygens (including phenoxy) is 1. The van der Waals surface area contributed by atoms with Crippen molar-refractivity contribution in [3.63, 3.8) is 0 Å². The summed E-state index contributed by atoms with van der Waals surface area (Å²) >= 11 is 0. The first-order valence-electron chi connectivity index (χ1n) is 12.5. The number of alkyl halides is 3. The number of nitrogens with one attached hydrogen (secondary N) is 2. The van der Waals surface area contributed by atoms with Gasteiger partial charge < -0.3 is 14.5 Å². The molecule has 11 heteroatoms. The van der Waals surface area contributed by atoms with E-state index in [4.69, 9.17) is 4.74 Å². The fourth-order valence-corrected chi connectivity index (χ4v) is 7.01. The van der Waals surface area contributed by atoms with E-state index in [9.17, 15) is 18.0 Å². The van der Waals surface area contributed by atoms with Crippen molar-refractivity contribution in [2.24, 2.45) is 16.7 Å². The number of hydrogen-bond acceptors (Lipinski definition) is 5. The molecule has 2 N–H and O–H groups in total. The molecule has 0 radical (unpaired) electrons. The lowest BCUT2D eigenvalue weighted by atomic mass is 9.57. The van der Waals surface area contributed by atoms with Crippen molar-refractivity contribution >= 4 is 6.03 Å². The number of rotatable bonds is 5. The SMILES string of the molecule is O=C(N1CC2(CC(CNC3(C(F)(F)F)COC3)C2)C1)N1CC2(CC(c3n[nH]c(C4CC4)n3)C2)C1. The lowest BCUT2D eigenvalue weighted by Gasteiger charge is -2.63. The summed E-state index contributed by atoms with van der Waals surface area (Å²) in [5, 5.41) is 10.2. The number of urea groups is 1. The summed E-state index contributed by atoms with van der Waals surface area (Å²) in [6.45, 7) is 2.89. The molecule has 2 spiro atoms. The van der Waals surface area contributed by atoms with Crippen LogP contribution < -0.4 is 5.32 Å². The summed E-state index contributed by atoms with van der Waals surface area (Å²) in [5.41, 5.74) is -1.49. The van der Waals surface area contributed by atoms with Gasteiger partial charge in [0.25, 0.3) is 0 Å². The van der Waals surface area contributed by atoms with Gasteiger partial charge in [0, 0.05) is 48.8 Å². The predicted octanol–water partition coefficient (Wildman–Crippen LogP) is 2.61. The fourth-order valence-electron chi connectivity index (χ4n) is 7.01. The monoisotopic (exact) mass is 480 g/mol. The number of halogens is 3. The second kappa shape index (κ2) is 6.87. The van der Waals surface area contributed by atoms with Crippen LogP contribution in [-0.2, 0) is 4.74 Å². The van der Waals surface area contributed by atoms with Crippen LogP contribution in [0.1, 0.15) is 62.0 Å². The van der Waals surface area contributed by atoms with E-state index in [1.54, 1.807) is 0 Å². The van der Waals surface area contributed by atoms with Crippen LogP contribution in [0.2, 0.25) is 0 Å². The smallest absolute Gasteiger partial charge is 0.377 e. The summed E-state index contributed by atoms with van der Waals surface area (Å²) < 4.78 is 44.5. The maximum Gasteiger partial charge on any atom is 0.411 e. The molecule has 4 heterocycles. The molecule has 0 aromatic carbocycles. The first-order valence-corrected chi connectivity index (χ1v) is 12.5. The minimum atomic E-state index is -4.28. The van der Waals surface area contributed by atoms with Crippen LogP contribution >= 0.6 is 0 Å². The predicted molar refractivity (Wildman–Crippen MR) is 114 cm³/mol. The molecule has 34 heavy (non-hydrogen) atoms. The highest BCUT2D eigenvalue weighted by molar-refractivity contribution is 5.77. The summed E-state index contributed by atoms with van der Waals surface area (Å²) in [7, 11) is 0. The quantitative estimate of drug-likeness (QED) is 0.677. The maximum atomic E-state index is 13.2. The Balaban J connectivity index is 0.830. The molecule has 0 atom stereocenters. The third kappa shape index (κ3) is 3.22. The minimum absolute atomic E-state index is 0.123. The molecule has 7 rings (SSSR count). The van der Waals surface area contributed by atoms with Crippen LogP contribution in [0.15, 0.2) is 0 Å². The highest BCUT2D eigenvalue weighted by atomic mass is 19.4. The zero-order chi connectivity index (χ0) is 23.3. The number of H-pyrrole nitrogens is 1. The van der Waals surface area contributed by atoms with Crippen LogP contribution in [0, 0.1) is 16.7 Å². The van der Waals surface area contributed by atoms with Crippen LogP contribution in [-0.4, -0.2) is 88.7 Å². The summed E-state index contributed by atoms with van der Waals surface area (Å²) in [6.07, 6.45) is 2.04. The Morgan fingerprint density at radius 2 is 1.65 bits per heavy atom. The number of nitrogens with zero attached hydrogens (tertiary/aromatic N) is 4. The Hall–Kier alpha value is -1.88. The third-order valence-electron chi connectivity index (χ3n) is 9.27. The number of amides is 2. The van der Waals surface area contributed by atoms with Crippen LogP contribution in [0.25, 0.3) is 0 Å². The highest BCUT2D eigenvalue weighted by Crippen LogP contribution is 2.57. The van der Waals surface area contributed by atoms with Gasteiger partial charge in [0.15, 0.2) is 11.4 Å². The Kier molecular flexibility index (Phi) is 4.32. The molecule has 3 aliphatic carbocycles. The standard InChI is InChI=1S/C23H31F3N6O2/c24-23(25,26)22(12-34-13-22)27-7-14-3-20(4-14)8-31(9-20)19(33)32-10-21(11-32)5-16(6-21)18-28-17(29-30-18)15-1-2-15/h14-16,27H,1-13H2,(H,28,29,30). The van der Waals surface area contributed by atoms with E-state index < -0.39 is 11.7 Å². The van der Waals surface area contributed by atoms with Gasteiger partial charge in [-0.15, -0.1) is 0 Å². The normalized spacial score (nSPS) is 29.3. The van der Waals surface area contributed by atoms with E-state index in [-0.39, 0.29) is 36.0 Å². The number of aromatic amines is 1. The van der Waals surface area contributed by atoms with Gasteiger partial charge in [-0.2, -0.15) is 18.3 Å². The third-order valence-corrected chi connectivity index (χ3v) is 9.27. The number of aromatic nitrogens is 3. The van der Waals surface area contributed by atoms with Crippen molar-refractivity contribution in [1.82, 2.24) is 30.3 Å². The van der Waals surface area contributed by atoms with Gasteiger partial charge in [-0.1, -0.05) is 0 Å². The Bertz CT molecular complexity index is 975. The lowest BCUT2D eigenvalue weighted by molar-refractivity contribution is -0.269. The van der Waals surface area contributed by atoms with E-state index in [0.29, 0.717) is 18.4 Å². The second-order valence-corrected chi connectivity index (χ2v) is 12.2. The molecule has 6 aliphatic rings. The molecule has 2 amide bonds. The van der Waals surface area contributed by atoms with Crippen molar-refractivity contribution in [2.45, 2.75) is 62.1 Å². The van der Waals surface area contributed by atoms with Gasteiger partial charge in [0.05, 0.1) is 13.2 Å². The molecule has 1 aromatic heterocycles. The molecule has 0 unspecified atom stereocenters. The molecule has 8 nitrogen and oxygen atoms in total. The fraction of sp³-hybridized carbons (Fsp3) is 0.870. The van der Waals surface area contributed by atoms with Crippen LogP contribution in [0.4, 0.5) is 18.0 Å². The topological polar surface area (TPSA) is 86.4 Å². The number of carbonyl (C=O) groups excluding carboxylic acids is 1. The largest absolute Gasteiger partial charge is 0.411 e. The van der Waals surface area contributed by atoms with E-state index in [2.05, 4.69) is 20.5 Å². The minimum Gasteiger partial charge on any atom is -0.377 e. The Labute approximate surface area is 196 Å². The molecule has 0 bridgehead atoms. The first kappa shape index (κ1) is 21.4. The van der Waals surface area contributed by atoms with E-state index in [0.717, 1.165) is 63.5 Å². The summed E-state index contributed by atoms with van der Waals surface area (Å²) in [6, 6.07) is 0.123. The molecule has 1 aromatic rings. The summed E-state index contributed by atoms with van der Waals surface area (Å²) in [4.78, 5) is 21.4. The van der Waals surface area contributed by atoms with Gasteiger partial charge in [-0.25, -0.2) is 9.78 Å². The number of likely N-dealkylation sites (tertiary alicyclic amines) is 2. The van der Waals surface area contributed by atoms with Gasteiger partial charge in [-0.3, -0.25) is 10.4 Å². The number of carbonyl (C=O) groups is 1. The molecular weight excluding hydrogens is 449 g/mol. The van der Waals surface area contributed by atoms with Crippen molar-refractivity contribution in [2.75, 3.05) is 45.9 Å². The molecule has 186 valence electrons. The summed E-state index contributed by atoms with van der Waals surface area (Å²) in [5.74, 6) is 3.23. The van der Waals surface area contributed by atoms with E-state index >= 15 is 0 Å².